The highest BCUT2D eigenvalue weighted by molar-refractivity contribution is 5.18. The summed E-state index contributed by atoms with van der Waals surface area (Å²) in [6.45, 7) is 1.75. The second-order valence-corrected chi connectivity index (χ2v) is 4.24. The topological polar surface area (TPSA) is 55.3 Å². The van der Waals surface area contributed by atoms with Gasteiger partial charge >= 0.3 is 0 Å². The monoisotopic (exact) mass is 243 g/mol. The van der Waals surface area contributed by atoms with Crippen molar-refractivity contribution in [2.45, 2.75) is 12.5 Å². The summed E-state index contributed by atoms with van der Waals surface area (Å²) in [5.74, 6) is -1.05. The number of benzene rings is 1. The molecule has 1 aromatic carbocycles. The average molecular weight is 243 g/mol. The number of likely N-dealkylation sites (N-methyl/N-ethyl adjacent to an activating group) is 1. The third-order valence-electron chi connectivity index (χ3n) is 2.63. The molecule has 5 heteroatoms. The maximum atomic E-state index is 13.3. The summed E-state index contributed by atoms with van der Waals surface area (Å²) >= 11 is 0. The summed E-state index contributed by atoms with van der Waals surface area (Å²) in [4.78, 5) is 1.99. The average Bonchev–Trinajstić information content (AvgIpc) is 2.27. The molecule has 0 saturated heterocycles. The molecule has 0 radical (unpaired) electrons. The van der Waals surface area contributed by atoms with Crippen LogP contribution in [0.5, 0.6) is 0 Å². The number of hydrogen-bond donors (Lipinski definition) is 2. The van der Waals surface area contributed by atoms with Gasteiger partial charge in [0.25, 0.3) is 0 Å². The van der Waals surface area contributed by atoms with E-state index in [1.807, 2.05) is 11.9 Å². The lowest BCUT2D eigenvalue weighted by atomic mass is 10.1. The number of hydrogen-bond acceptors (Lipinski definition) is 3. The van der Waals surface area contributed by atoms with E-state index in [1.54, 1.807) is 0 Å². The Labute approximate surface area is 100 Å². The van der Waals surface area contributed by atoms with Gasteiger partial charge in [0, 0.05) is 31.7 Å². The lowest BCUT2D eigenvalue weighted by Crippen LogP contribution is -2.41. The minimum Gasteiger partial charge on any atom is -0.329 e. The van der Waals surface area contributed by atoms with Crippen LogP contribution in [-0.4, -0.2) is 37.6 Å². The highest BCUT2D eigenvalue weighted by Crippen LogP contribution is 2.10. The fraction of sp³-hybridized carbons (Fsp3) is 0.500. The molecule has 1 unspecified atom stereocenters. The van der Waals surface area contributed by atoms with Crippen molar-refractivity contribution in [2.24, 2.45) is 11.5 Å². The summed E-state index contributed by atoms with van der Waals surface area (Å²) in [6, 6.07) is 3.57. The molecular formula is C12H19F2N3. The summed E-state index contributed by atoms with van der Waals surface area (Å²) in [5.41, 5.74) is 11.6. The Morgan fingerprint density at radius 1 is 1.35 bits per heavy atom. The van der Waals surface area contributed by atoms with Crippen molar-refractivity contribution >= 4 is 0 Å². The van der Waals surface area contributed by atoms with Crippen LogP contribution in [-0.2, 0) is 6.42 Å². The van der Waals surface area contributed by atoms with E-state index in [4.69, 9.17) is 11.5 Å². The molecule has 0 aliphatic heterocycles. The quantitative estimate of drug-likeness (QED) is 0.774. The maximum Gasteiger partial charge on any atom is 0.129 e. The highest BCUT2D eigenvalue weighted by Gasteiger charge is 2.07. The van der Waals surface area contributed by atoms with E-state index in [0.29, 0.717) is 31.6 Å². The van der Waals surface area contributed by atoms with Crippen LogP contribution in [0, 0.1) is 11.6 Å². The van der Waals surface area contributed by atoms with Crippen LogP contribution in [0.1, 0.15) is 5.56 Å². The van der Waals surface area contributed by atoms with E-state index in [0.717, 1.165) is 6.07 Å². The Balaban J connectivity index is 2.44. The Morgan fingerprint density at radius 2 is 2.06 bits per heavy atom. The number of rotatable bonds is 6. The number of nitrogens with two attached hydrogens (primary N) is 2. The first-order valence-corrected chi connectivity index (χ1v) is 5.61. The van der Waals surface area contributed by atoms with Crippen LogP contribution in [0.3, 0.4) is 0 Å². The summed E-state index contributed by atoms with van der Waals surface area (Å²) in [6.07, 6.45) is 0.528. The fourth-order valence-corrected chi connectivity index (χ4v) is 1.60. The van der Waals surface area contributed by atoms with Gasteiger partial charge in [-0.2, -0.15) is 0 Å². The summed E-state index contributed by atoms with van der Waals surface area (Å²) < 4.78 is 26.0. The maximum absolute atomic E-state index is 13.3. The van der Waals surface area contributed by atoms with Crippen LogP contribution in [0.2, 0.25) is 0 Å². The van der Waals surface area contributed by atoms with Crippen LogP contribution in [0.15, 0.2) is 18.2 Å². The molecule has 0 spiro atoms. The van der Waals surface area contributed by atoms with Crippen LogP contribution >= 0.6 is 0 Å². The SMILES string of the molecule is CN(CCc1ccc(F)cc1F)CC(N)CN. The molecule has 1 rings (SSSR count). The standard InChI is InChI=1S/C12H19F2N3/c1-17(8-11(16)7-15)5-4-9-2-3-10(13)6-12(9)14/h2-3,6,11H,4-5,7-8,15-16H2,1H3. The molecule has 96 valence electrons. The normalized spacial score (nSPS) is 13.1. The third-order valence-corrected chi connectivity index (χ3v) is 2.63. The molecule has 0 heterocycles. The van der Waals surface area contributed by atoms with Crippen LogP contribution in [0.4, 0.5) is 8.78 Å². The first-order chi connectivity index (χ1) is 8.02. The zero-order chi connectivity index (χ0) is 12.8. The van der Waals surface area contributed by atoms with Gasteiger partial charge < -0.3 is 16.4 Å². The lowest BCUT2D eigenvalue weighted by Gasteiger charge is -2.20. The van der Waals surface area contributed by atoms with E-state index in [9.17, 15) is 8.78 Å². The molecule has 0 aromatic heterocycles. The van der Waals surface area contributed by atoms with Crippen molar-refractivity contribution in [1.29, 1.82) is 0 Å². The second kappa shape index (κ2) is 6.64. The van der Waals surface area contributed by atoms with Crippen molar-refractivity contribution in [3.8, 4) is 0 Å². The van der Waals surface area contributed by atoms with Crippen LogP contribution in [0.25, 0.3) is 0 Å². The minimum absolute atomic E-state index is 0.0712. The highest BCUT2D eigenvalue weighted by atomic mass is 19.1. The molecule has 0 fully saturated rings. The van der Waals surface area contributed by atoms with Gasteiger partial charge in [-0.1, -0.05) is 6.07 Å². The van der Waals surface area contributed by atoms with Gasteiger partial charge in [-0.15, -0.1) is 0 Å². The van der Waals surface area contributed by atoms with Crippen molar-refractivity contribution in [3.05, 3.63) is 35.4 Å². The number of nitrogens with zero attached hydrogens (tertiary/aromatic N) is 1. The zero-order valence-electron chi connectivity index (χ0n) is 10.00. The first-order valence-electron chi connectivity index (χ1n) is 5.61. The molecule has 0 aliphatic carbocycles. The molecule has 0 saturated carbocycles. The van der Waals surface area contributed by atoms with Gasteiger partial charge in [0.1, 0.15) is 11.6 Å². The van der Waals surface area contributed by atoms with Crippen molar-refractivity contribution in [2.75, 3.05) is 26.7 Å². The molecule has 3 nitrogen and oxygen atoms in total. The molecular weight excluding hydrogens is 224 g/mol. The first kappa shape index (κ1) is 14.0. The molecule has 4 N–H and O–H groups in total. The predicted octanol–water partition coefficient (Wildman–Crippen LogP) is 0.725. The van der Waals surface area contributed by atoms with E-state index >= 15 is 0 Å². The molecule has 1 atom stereocenters. The largest absolute Gasteiger partial charge is 0.329 e. The van der Waals surface area contributed by atoms with Gasteiger partial charge in [0.15, 0.2) is 0 Å². The zero-order valence-corrected chi connectivity index (χ0v) is 10.00. The van der Waals surface area contributed by atoms with E-state index in [2.05, 4.69) is 0 Å². The Morgan fingerprint density at radius 3 is 2.65 bits per heavy atom. The Hall–Kier alpha value is -1.04. The second-order valence-electron chi connectivity index (χ2n) is 4.24. The van der Waals surface area contributed by atoms with Crippen LogP contribution < -0.4 is 11.5 Å². The van der Waals surface area contributed by atoms with Crippen molar-refractivity contribution < 1.29 is 8.78 Å². The molecule has 1 aromatic rings. The van der Waals surface area contributed by atoms with E-state index < -0.39 is 11.6 Å². The lowest BCUT2D eigenvalue weighted by molar-refractivity contribution is 0.315. The van der Waals surface area contributed by atoms with E-state index in [1.165, 1.54) is 12.1 Å². The van der Waals surface area contributed by atoms with Gasteiger partial charge in [-0.05, 0) is 25.1 Å². The molecule has 0 amide bonds. The van der Waals surface area contributed by atoms with E-state index in [-0.39, 0.29) is 6.04 Å². The van der Waals surface area contributed by atoms with Crippen molar-refractivity contribution in [1.82, 2.24) is 4.90 Å². The summed E-state index contributed by atoms with van der Waals surface area (Å²) in [7, 11) is 1.90. The van der Waals surface area contributed by atoms with Gasteiger partial charge in [-0.3, -0.25) is 0 Å². The smallest absolute Gasteiger partial charge is 0.129 e. The summed E-state index contributed by atoms with van der Waals surface area (Å²) in [5, 5.41) is 0. The fourth-order valence-electron chi connectivity index (χ4n) is 1.60. The Bertz CT molecular complexity index is 358. The third kappa shape index (κ3) is 4.77. The Kier molecular flexibility index (Phi) is 5.47. The molecule has 0 bridgehead atoms. The number of halogens is 2. The van der Waals surface area contributed by atoms with Gasteiger partial charge in [0.05, 0.1) is 0 Å². The predicted molar refractivity (Wildman–Crippen MR) is 64.6 cm³/mol. The minimum atomic E-state index is -0.551. The molecule has 0 aliphatic rings. The van der Waals surface area contributed by atoms with Gasteiger partial charge in [0.2, 0.25) is 0 Å². The molecule has 17 heavy (non-hydrogen) atoms. The van der Waals surface area contributed by atoms with Gasteiger partial charge in [-0.25, -0.2) is 8.78 Å². The van der Waals surface area contributed by atoms with Crippen molar-refractivity contribution in [3.63, 3.8) is 0 Å².